The number of aliphatic hydroxyl groups is 1. The summed E-state index contributed by atoms with van der Waals surface area (Å²) in [6.45, 7) is 4.97. The second-order valence-electron chi connectivity index (χ2n) is 5.03. The Morgan fingerprint density at radius 3 is 2.70 bits per heavy atom. The molecule has 0 radical (unpaired) electrons. The summed E-state index contributed by atoms with van der Waals surface area (Å²) in [4.78, 5) is 10.8. The first-order chi connectivity index (χ1) is 9.53. The summed E-state index contributed by atoms with van der Waals surface area (Å²) in [7, 11) is 0. The van der Waals surface area contributed by atoms with Crippen molar-refractivity contribution in [2.45, 2.75) is 38.8 Å². The van der Waals surface area contributed by atoms with Gasteiger partial charge in [0, 0.05) is 19.8 Å². The summed E-state index contributed by atoms with van der Waals surface area (Å²) in [5, 5.41) is 28.3. The zero-order valence-corrected chi connectivity index (χ0v) is 11.8. The number of hydrogen-bond donors (Lipinski definition) is 2. The minimum absolute atomic E-state index is 0.0221. The molecule has 2 rings (SSSR count). The zero-order valence-electron chi connectivity index (χ0n) is 11.8. The summed E-state index contributed by atoms with van der Waals surface area (Å²) in [6, 6.07) is 0. The number of nitrogens with one attached hydrogen (secondary N) is 1. The lowest BCUT2D eigenvalue weighted by molar-refractivity contribution is -0.384. The molecule has 0 unspecified atom stereocenters. The highest BCUT2D eigenvalue weighted by Gasteiger charge is 2.36. The summed E-state index contributed by atoms with van der Waals surface area (Å²) in [5.41, 5.74) is -0.228. The van der Waals surface area contributed by atoms with E-state index in [2.05, 4.69) is 10.4 Å². The van der Waals surface area contributed by atoms with Crippen molar-refractivity contribution in [3.63, 3.8) is 0 Å². The molecule has 0 bridgehead atoms. The lowest BCUT2D eigenvalue weighted by Gasteiger charge is -2.36. The van der Waals surface area contributed by atoms with Crippen molar-refractivity contribution in [3.8, 4) is 0 Å². The first kappa shape index (κ1) is 14.7. The molecular weight excluding hydrogens is 264 g/mol. The maximum absolute atomic E-state index is 11.2. The number of aryl methyl sites for hydroxylation is 2. The molecule has 1 fully saturated rings. The monoisotopic (exact) mass is 284 g/mol. The van der Waals surface area contributed by atoms with E-state index >= 15 is 0 Å². The average molecular weight is 284 g/mol. The van der Waals surface area contributed by atoms with Crippen LogP contribution in [-0.4, -0.2) is 45.2 Å². The van der Waals surface area contributed by atoms with Gasteiger partial charge in [0.15, 0.2) is 0 Å². The van der Waals surface area contributed by atoms with Gasteiger partial charge in [0.25, 0.3) is 0 Å². The molecule has 1 saturated heterocycles. The van der Waals surface area contributed by atoms with Crippen LogP contribution in [0.2, 0.25) is 0 Å². The molecule has 2 N–H and O–H groups in total. The molecule has 0 aliphatic carbocycles. The van der Waals surface area contributed by atoms with Gasteiger partial charge in [-0.3, -0.25) is 10.1 Å². The fourth-order valence-electron chi connectivity index (χ4n) is 2.48. The topological polar surface area (TPSA) is 102 Å². The number of nitro groups is 1. The zero-order chi connectivity index (χ0) is 14.8. The van der Waals surface area contributed by atoms with Crippen molar-refractivity contribution in [3.05, 3.63) is 15.8 Å². The normalized spacial score (nSPS) is 17.9. The van der Waals surface area contributed by atoms with Gasteiger partial charge in [0.1, 0.15) is 5.69 Å². The van der Waals surface area contributed by atoms with E-state index in [1.807, 2.05) is 6.92 Å². The van der Waals surface area contributed by atoms with Gasteiger partial charge in [0.05, 0.1) is 17.1 Å². The third kappa shape index (κ3) is 2.61. The van der Waals surface area contributed by atoms with Crippen LogP contribution in [0.1, 0.15) is 25.5 Å². The van der Waals surface area contributed by atoms with E-state index in [-0.39, 0.29) is 12.3 Å². The third-order valence-corrected chi connectivity index (χ3v) is 3.71. The van der Waals surface area contributed by atoms with Crippen LogP contribution in [0.3, 0.4) is 0 Å². The van der Waals surface area contributed by atoms with Gasteiger partial charge >= 0.3 is 5.69 Å². The highest BCUT2D eigenvalue weighted by atomic mass is 16.6. The molecule has 2 heterocycles. The van der Waals surface area contributed by atoms with E-state index in [4.69, 9.17) is 4.74 Å². The number of aliphatic hydroxyl groups excluding tert-OH is 1. The highest BCUT2D eigenvalue weighted by Crippen LogP contribution is 2.33. The van der Waals surface area contributed by atoms with Crippen molar-refractivity contribution in [2.75, 3.05) is 25.1 Å². The quantitative estimate of drug-likeness (QED) is 0.619. The van der Waals surface area contributed by atoms with Gasteiger partial charge < -0.3 is 15.2 Å². The molecular formula is C12H20N4O4. The first-order valence-electron chi connectivity index (χ1n) is 6.71. The van der Waals surface area contributed by atoms with E-state index < -0.39 is 10.5 Å². The van der Waals surface area contributed by atoms with Crippen LogP contribution in [0.25, 0.3) is 0 Å². The van der Waals surface area contributed by atoms with E-state index in [0.717, 1.165) is 0 Å². The number of rotatable bonds is 5. The number of hydrogen-bond acceptors (Lipinski definition) is 6. The summed E-state index contributed by atoms with van der Waals surface area (Å²) in [5.74, 6) is 0.367. The van der Waals surface area contributed by atoms with Crippen molar-refractivity contribution in [1.82, 2.24) is 9.78 Å². The molecule has 1 aromatic rings. The standard InChI is InChI=1S/C12H20N4O4/c1-3-15-11(10(16(18)19)9(2)14-15)13-12(8-17)4-6-20-7-5-12/h13,17H,3-8H2,1-2H3. The minimum atomic E-state index is -0.581. The van der Waals surface area contributed by atoms with Crippen LogP contribution in [0.5, 0.6) is 0 Å². The largest absolute Gasteiger partial charge is 0.394 e. The molecule has 8 nitrogen and oxygen atoms in total. The molecule has 0 atom stereocenters. The highest BCUT2D eigenvalue weighted by molar-refractivity contribution is 5.61. The van der Waals surface area contributed by atoms with Gasteiger partial charge in [-0.2, -0.15) is 5.10 Å². The molecule has 20 heavy (non-hydrogen) atoms. The van der Waals surface area contributed by atoms with E-state index in [1.54, 1.807) is 11.6 Å². The van der Waals surface area contributed by atoms with Gasteiger partial charge in [-0.05, 0) is 26.7 Å². The van der Waals surface area contributed by atoms with Gasteiger partial charge in [-0.15, -0.1) is 0 Å². The third-order valence-electron chi connectivity index (χ3n) is 3.71. The Bertz CT molecular complexity index is 494. The number of aromatic nitrogens is 2. The fourth-order valence-corrected chi connectivity index (χ4v) is 2.48. The van der Waals surface area contributed by atoms with Gasteiger partial charge in [0.2, 0.25) is 5.82 Å². The van der Waals surface area contributed by atoms with E-state index in [0.29, 0.717) is 44.1 Å². The molecule has 0 aromatic carbocycles. The van der Waals surface area contributed by atoms with Crippen molar-refractivity contribution >= 4 is 11.5 Å². The van der Waals surface area contributed by atoms with Crippen molar-refractivity contribution < 1.29 is 14.8 Å². The molecule has 0 amide bonds. The molecule has 1 aromatic heterocycles. The number of ether oxygens (including phenoxy) is 1. The molecule has 112 valence electrons. The molecule has 0 spiro atoms. The second kappa shape index (κ2) is 5.76. The SMILES string of the molecule is CCn1nc(C)c([N+](=O)[O-])c1NC1(CO)CCOCC1. The Hall–Kier alpha value is -1.67. The van der Waals surface area contributed by atoms with E-state index in [1.165, 1.54) is 0 Å². The van der Waals surface area contributed by atoms with Crippen LogP contribution in [-0.2, 0) is 11.3 Å². The smallest absolute Gasteiger partial charge is 0.333 e. The minimum Gasteiger partial charge on any atom is -0.394 e. The number of anilines is 1. The lowest BCUT2D eigenvalue weighted by atomic mass is 9.91. The van der Waals surface area contributed by atoms with Crippen LogP contribution >= 0.6 is 0 Å². The number of nitrogens with zero attached hydrogens (tertiary/aromatic N) is 3. The summed E-state index contributed by atoms with van der Waals surface area (Å²) >= 11 is 0. The Morgan fingerprint density at radius 1 is 1.55 bits per heavy atom. The van der Waals surface area contributed by atoms with Crippen molar-refractivity contribution in [2.24, 2.45) is 0 Å². The Morgan fingerprint density at radius 2 is 2.20 bits per heavy atom. The maximum Gasteiger partial charge on any atom is 0.333 e. The first-order valence-corrected chi connectivity index (χ1v) is 6.71. The van der Waals surface area contributed by atoms with Gasteiger partial charge in [-0.1, -0.05) is 0 Å². The summed E-state index contributed by atoms with van der Waals surface area (Å²) < 4.78 is 6.87. The van der Waals surface area contributed by atoms with Crippen molar-refractivity contribution in [1.29, 1.82) is 0 Å². The predicted octanol–water partition coefficient (Wildman–Crippen LogP) is 1.07. The second-order valence-corrected chi connectivity index (χ2v) is 5.03. The van der Waals surface area contributed by atoms with Crippen LogP contribution in [0.15, 0.2) is 0 Å². The lowest BCUT2D eigenvalue weighted by Crippen LogP contribution is -2.47. The Labute approximate surface area is 116 Å². The fraction of sp³-hybridized carbons (Fsp3) is 0.750. The molecule has 1 aliphatic rings. The summed E-state index contributed by atoms with van der Waals surface area (Å²) in [6.07, 6.45) is 1.21. The average Bonchev–Trinajstić information content (AvgIpc) is 2.75. The van der Waals surface area contributed by atoms with Crippen LogP contribution in [0, 0.1) is 17.0 Å². The Kier molecular flexibility index (Phi) is 4.24. The molecule has 1 aliphatic heterocycles. The Balaban J connectivity index is 2.38. The van der Waals surface area contributed by atoms with Gasteiger partial charge in [-0.25, -0.2) is 4.68 Å². The van der Waals surface area contributed by atoms with Crippen LogP contribution in [0.4, 0.5) is 11.5 Å². The van der Waals surface area contributed by atoms with E-state index in [9.17, 15) is 15.2 Å². The van der Waals surface area contributed by atoms with Crippen LogP contribution < -0.4 is 5.32 Å². The molecule has 0 saturated carbocycles. The molecule has 8 heteroatoms. The maximum atomic E-state index is 11.2. The predicted molar refractivity (Wildman–Crippen MR) is 72.8 cm³/mol.